The number of fused-ring (bicyclic) bond motifs is 1. The lowest BCUT2D eigenvalue weighted by Gasteiger charge is -2.22. The first kappa shape index (κ1) is 21.2. The van der Waals surface area contributed by atoms with Gasteiger partial charge in [0.05, 0.1) is 11.8 Å². The van der Waals surface area contributed by atoms with Crippen molar-refractivity contribution in [1.29, 1.82) is 0 Å². The second kappa shape index (κ2) is 9.06. The average molecular weight is 451 g/mol. The number of pyridine rings is 1. The molecule has 6 nitrogen and oxygen atoms in total. The zero-order chi connectivity index (χ0) is 22.1. The number of anilines is 2. The summed E-state index contributed by atoms with van der Waals surface area (Å²) in [5.74, 6) is 2.10. The Kier molecular flexibility index (Phi) is 6.00. The lowest BCUT2D eigenvalue weighted by molar-refractivity contribution is 0.102. The van der Waals surface area contributed by atoms with E-state index >= 15 is 0 Å². The van der Waals surface area contributed by atoms with Crippen LogP contribution in [0.4, 0.5) is 10.9 Å². The Hall–Kier alpha value is -2.67. The molecule has 1 saturated heterocycles. The van der Waals surface area contributed by atoms with Crippen LogP contribution in [0.25, 0.3) is 10.2 Å². The van der Waals surface area contributed by atoms with Crippen molar-refractivity contribution in [3.63, 3.8) is 0 Å². The molecule has 0 unspecified atom stereocenters. The predicted molar refractivity (Wildman–Crippen MR) is 130 cm³/mol. The minimum absolute atomic E-state index is 0.136. The Bertz CT molecular complexity index is 1130. The smallest absolute Gasteiger partial charge is 0.257 e. The van der Waals surface area contributed by atoms with Gasteiger partial charge in [0.2, 0.25) is 0 Å². The van der Waals surface area contributed by atoms with Gasteiger partial charge in [0.25, 0.3) is 5.91 Å². The number of ether oxygens (including phenoxy) is 1. The van der Waals surface area contributed by atoms with Gasteiger partial charge in [0.1, 0.15) is 17.1 Å². The molecule has 0 bridgehead atoms. The molecule has 1 N–H and O–H groups in total. The Labute approximate surface area is 193 Å². The largest absolute Gasteiger partial charge is 0.494 e. The maximum absolute atomic E-state index is 13.2. The van der Waals surface area contributed by atoms with Crippen LogP contribution in [-0.2, 0) is 0 Å². The molecule has 1 aliphatic carbocycles. The molecule has 168 valence electrons. The lowest BCUT2D eigenvalue weighted by atomic mass is 9.84. The summed E-state index contributed by atoms with van der Waals surface area (Å²) >= 11 is 1.56. The van der Waals surface area contributed by atoms with Crippen molar-refractivity contribution >= 4 is 38.4 Å². The van der Waals surface area contributed by atoms with Gasteiger partial charge >= 0.3 is 0 Å². The van der Waals surface area contributed by atoms with E-state index in [1.807, 2.05) is 13.0 Å². The molecular weight excluding hydrogens is 420 g/mol. The number of carbonyl (C=O) groups is 1. The highest BCUT2D eigenvalue weighted by atomic mass is 32.1. The first-order chi connectivity index (χ1) is 15.7. The van der Waals surface area contributed by atoms with E-state index in [1.54, 1.807) is 30.7 Å². The van der Waals surface area contributed by atoms with Gasteiger partial charge in [-0.3, -0.25) is 10.1 Å². The standard InChI is InChI=1S/C25H30N4O2S/c1-16-18(12-13-26-23(16)29-14-6-7-15-29)24(30)28-25-27-21-20(31-2)11-10-19(22(21)32-25)17-8-4-3-5-9-17/h10-13,17H,3-9,14-15H2,1-2H3,(H,27,28,30). The summed E-state index contributed by atoms with van der Waals surface area (Å²) in [7, 11) is 1.67. The summed E-state index contributed by atoms with van der Waals surface area (Å²) < 4.78 is 6.72. The Morgan fingerprint density at radius 2 is 1.91 bits per heavy atom. The van der Waals surface area contributed by atoms with Crippen LogP contribution in [0, 0.1) is 6.92 Å². The highest BCUT2D eigenvalue weighted by molar-refractivity contribution is 7.22. The molecular formula is C25H30N4O2S. The molecule has 1 aromatic carbocycles. The van der Waals surface area contributed by atoms with E-state index in [9.17, 15) is 4.79 Å². The van der Waals surface area contributed by atoms with Gasteiger partial charge in [-0.2, -0.15) is 0 Å². The van der Waals surface area contributed by atoms with E-state index in [0.717, 1.165) is 40.4 Å². The first-order valence-corrected chi connectivity index (χ1v) is 12.5. The van der Waals surface area contributed by atoms with Crippen LogP contribution in [0.5, 0.6) is 5.75 Å². The molecule has 0 spiro atoms. The first-order valence-electron chi connectivity index (χ1n) is 11.6. The minimum Gasteiger partial charge on any atom is -0.494 e. The van der Waals surface area contributed by atoms with Gasteiger partial charge in [-0.25, -0.2) is 9.97 Å². The quantitative estimate of drug-likeness (QED) is 0.523. The average Bonchev–Trinajstić information content (AvgIpc) is 3.49. The Morgan fingerprint density at radius 1 is 1.12 bits per heavy atom. The van der Waals surface area contributed by atoms with Crippen molar-refractivity contribution in [3.8, 4) is 5.75 Å². The second-order valence-electron chi connectivity index (χ2n) is 8.84. The van der Waals surface area contributed by atoms with Crippen molar-refractivity contribution in [2.24, 2.45) is 0 Å². The van der Waals surface area contributed by atoms with Gasteiger partial charge in [-0.05, 0) is 56.2 Å². The van der Waals surface area contributed by atoms with E-state index in [1.165, 1.54) is 50.5 Å². The Balaban J connectivity index is 1.45. The predicted octanol–water partition coefficient (Wildman–Crippen LogP) is 5.91. The maximum atomic E-state index is 13.2. The summed E-state index contributed by atoms with van der Waals surface area (Å²) in [6.45, 7) is 3.99. The van der Waals surface area contributed by atoms with Crippen molar-refractivity contribution in [3.05, 3.63) is 41.1 Å². The SMILES string of the molecule is COc1ccc(C2CCCCC2)c2sc(NC(=O)c3ccnc(N4CCCC4)c3C)nc12. The zero-order valence-corrected chi connectivity index (χ0v) is 19.6. The third-order valence-electron chi connectivity index (χ3n) is 6.85. The number of hydrogen-bond acceptors (Lipinski definition) is 6. The van der Waals surface area contributed by atoms with E-state index in [4.69, 9.17) is 9.72 Å². The maximum Gasteiger partial charge on any atom is 0.257 e. The number of aromatic nitrogens is 2. The summed E-state index contributed by atoms with van der Waals surface area (Å²) in [5, 5.41) is 3.67. The third kappa shape index (κ3) is 3.94. The number of amides is 1. The van der Waals surface area contributed by atoms with Gasteiger partial charge in [0.15, 0.2) is 5.13 Å². The molecule has 2 fully saturated rings. The minimum atomic E-state index is -0.136. The topological polar surface area (TPSA) is 67.3 Å². The molecule has 1 saturated carbocycles. The number of nitrogens with zero attached hydrogens (tertiary/aromatic N) is 3. The molecule has 3 aromatic rings. The van der Waals surface area contributed by atoms with Crippen molar-refractivity contribution in [2.45, 2.75) is 57.8 Å². The molecule has 5 rings (SSSR count). The van der Waals surface area contributed by atoms with Crippen molar-refractivity contribution in [1.82, 2.24) is 9.97 Å². The van der Waals surface area contributed by atoms with Crippen LogP contribution in [0.2, 0.25) is 0 Å². The van der Waals surface area contributed by atoms with Crippen LogP contribution < -0.4 is 15.0 Å². The molecule has 7 heteroatoms. The van der Waals surface area contributed by atoms with Crippen molar-refractivity contribution in [2.75, 3.05) is 30.4 Å². The van der Waals surface area contributed by atoms with Gasteiger partial charge < -0.3 is 9.64 Å². The highest BCUT2D eigenvalue weighted by Crippen LogP contribution is 2.42. The molecule has 0 atom stereocenters. The Morgan fingerprint density at radius 3 is 2.66 bits per heavy atom. The van der Waals surface area contributed by atoms with Crippen LogP contribution in [-0.4, -0.2) is 36.1 Å². The molecule has 3 heterocycles. The van der Waals surface area contributed by atoms with Crippen LogP contribution in [0.15, 0.2) is 24.4 Å². The second-order valence-corrected chi connectivity index (χ2v) is 9.84. The number of carbonyl (C=O) groups excluding carboxylic acids is 1. The fraction of sp³-hybridized carbons (Fsp3) is 0.480. The summed E-state index contributed by atoms with van der Waals surface area (Å²) in [6.07, 6.45) is 10.4. The van der Waals surface area contributed by atoms with Crippen LogP contribution in [0.1, 0.15) is 72.3 Å². The van der Waals surface area contributed by atoms with E-state index < -0.39 is 0 Å². The highest BCUT2D eigenvalue weighted by Gasteiger charge is 2.23. The zero-order valence-electron chi connectivity index (χ0n) is 18.8. The summed E-state index contributed by atoms with van der Waals surface area (Å²) in [4.78, 5) is 24.8. The van der Waals surface area contributed by atoms with Crippen LogP contribution in [0.3, 0.4) is 0 Å². The fourth-order valence-corrected chi connectivity index (χ4v) is 6.21. The van der Waals surface area contributed by atoms with Gasteiger partial charge in [-0.15, -0.1) is 0 Å². The lowest BCUT2D eigenvalue weighted by Crippen LogP contribution is -2.22. The number of benzene rings is 1. The number of methoxy groups -OCH3 is 1. The summed E-state index contributed by atoms with van der Waals surface area (Å²) in [6, 6.07) is 6.01. The van der Waals surface area contributed by atoms with E-state index in [-0.39, 0.29) is 5.91 Å². The van der Waals surface area contributed by atoms with Crippen molar-refractivity contribution < 1.29 is 9.53 Å². The molecule has 32 heavy (non-hydrogen) atoms. The number of hydrogen-bond donors (Lipinski definition) is 1. The van der Waals surface area contributed by atoms with Gasteiger partial charge in [0, 0.05) is 30.4 Å². The number of nitrogens with one attached hydrogen (secondary N) is 1. The molecule has 0 radical (unpaired) electrons. The molecule has 1 aliphatic heterocycles. The number of thiazole rings is 1. The third-order valence-corrected chi connectivity index (χ3v) is 7.87. The molecule has 2 aliphatic rings. The molecule has 1 amide bonds. The molecule has 2 aromatic heterocycles. The summed E-state index contributed by atoms with van der Waals surface area (Å²) in [5.41, 5.74) is 3.77. The van der Waals surface area contributed by atoms with E-state index in [2.05, 4.69) is 21.3 Å². The fourth-order valence-electron chi connectivity index (χ4n) is 5.14. The van der Waals surface area contributed by atoms with E-state index in [0.29, 0.717) is 16.6 Å². The van der Waals surface area contributed by atoms with Gasteiger partial charge in [-0.1, -0.05) is 36.7 Å². The monoisotopic (exact) mass is 450 g/mol. The normalized spacial score (nSPS) is 17.1. The van der Waals surface area contributed by atoms with Crippen LogP contribution >= 0.6 is 11.3 Å². The number of rotatable bonds is 5.